The minimum atomic E-state index is -0.500. The van der Waals surface area contributed by atoms with E-state index in [2.05, 4.69) is 18.7 Å². The summed E-state index contributed by atoms with van der Waals surface area (Å²) in [6.07, 6.45) is 0. The Balaban J connectivity index is 1.67. The molecule has 1 aromatic carbocycles. The Kier molecular flexibility index (Phi) is 4.15. The van der Waals surface area contributed by atoms with E-state index >= 15 is 0 Å². The summed E-state index contributed by atoms with van der Waals surface area (Å²) in [5, 5.41) is 10.8. The van der Waals surface area contributed by atoms with Gasteiger partial charge in [0, 0.05) is 24.7 Å². The van der Waals surface area contributed by atoms with Crippen LogP contribution in [0.4, 0.5) is 0 Å². The second kappa shape index (κ2) is 5.47. The van der Waals surface area contributed by atoms with Crippen LogP contribution in [0, 0.1) is 5.92 Å². The van der Waals surface area contributed by atoms with E-state index < -0.39 is 5.60 Å². The van der Waals surface area contributed by atoms with Crippen LogP contribution in [0.2, 0.25) is 5.02 Å². The molecular formula is C14H20ClNO2. The van der Waals surface area contributed by atoms with Crippen molar-refractivity contribution in [3.63, 3.8) is 0 Å². The van der Waals surface area contributed by atoms with E-state index in [1.807, 2.05) is 24.3 Å². The predicted molar refractivity (Wildman–Crippen MR) is 73.2 cm³/mol. The lowest BCUT2D eigenvalue weighted by atomic mass is 9.83. The summed E-state index contributed by atoms with van der Waals surface area (Å²) in [4.78, 5) is 2.20. The van der Waals surface area contributed by atoms with Crippen molar-refractivity contribution in [2.75, 3.05) is 26.2 Å². The number of β-amino-alcohol motifs (C(OH)–C–C–N with tert-alkyl or cyclic N) is 1. The molecule has 0 saturated carbocycles. The van der Waals surface area contributed by atoms with E-state index in [0.29, 0.717) is 17.5 Å². The Morgan fingerprint density at radius 3 is 2.50 bits per heavy atom. The predicted octanol–water partition coefficient (Wildman–Crippen LogP) is 2.42. The number of nitrogens with zero attached hydrogens (tertiary/aromatic N) is 1. The first-order chi connectivity index (χ1) is 8.49. The Labute approximate surface area is 113 Å². The van der Waals surface area contributed by atoms with Crippen molar-refractivity contribution in [2.24, 2.45) is 5.92 Å². The van der Waals surface area contributed by atoms with Crippen LogP contribution in [0.15, 0.2) is 24.3 Å². The molecule has 0 aromatic heterocycles. The van der Waals surface area contributed by atoms with E-state index in [1.165, 1.54) is 0 Å². The monoisotopic (exact) mass is 269 g/mol. The normalized spacial score (nSPS) is 18.7. The van der Waals surface area contributed by atoms with Gasteiger partial charge in [0.25, 0.3) is 0 Å². The summed E-state index contributed by atoms with van der Waals surface area (Å²) in [6.45, 7) is 7.08. The maximum Gasteiger partial charge on any atom is 0.119 e. The van der Waals surface area contributed by atoms with Gasteiger partial charge in [-0.15, -0.1) is 0 Å². The van der Waals surface area contributed by atoms with Gasteiger partial charge < -0.3 is 9.84 Å². The third kappa shape index (κ3) is 3.16. The molecule has 0 aliphatic carbocycles. The molecule has 0 radical (unpaired) electrons. The first-order valence-corrected chi connectivity index (χ1v) is 6.70. The fraction of sp³-hybridized carbons (Fsp3) is 0.571. The molecule has 1 aliphatic heterocycles. The molecule has 1 aliphatic rings. The van der Waals surface area contributed by atoms with E-state index in [9.17, 15) is 5.11 Å². The van der Waals surface area contributed by atoms with Crippen molar-refractivity contribution in [2.45, 2.75) is 19.4 Å². The minimum Gasteiger partial charge on any atom is -0.492 e. The highest BCUT2D eigenvalue weighted by atomic mass is 35.5. The third-order valence-electron chi connectivity index (χ3n) is 3.56. The molecule has 18 heavy (non-hydrogen) atoms. The number of aliphatic hydroxyl groups is 1. The smallest absolute Gasteiger partial charge is 0.119 e. The van der Waals surface area contributed by atoms with Crippen molar-refractivity contribution in [3.05, 3.63) is 29.3 Å². The highest BCUT2D eigenvalue weighted by Gasteiger charge is 2.43. The lowest BCUT2D eigenvalue weighted by molar-refractivity contribution is -0.129. The van der Waals surface area contributed by atoms with Gasteiger partial charge in [-0.3, -0.25) is 4.90 Å². The molecule has 0 spiro atoms. The molecule has 0 bridgehead atoms. The van der Waals surface area contributed by atoms with Gasteiger partial charge in [0.05, 0.1) is 5.60 Å². The summed E-state index contributed by atoms with van der Waals surface area (Å²) >= 11 is 5.80. The molecule has 4 heteroatoms. The van der Waals surface area contributed by atoms with Crippen molar-refractivity contribution in [3.8, 4) is 5.75 Å². The first-order valence-electron chi connectivity index (χ1n) is 6.33. The summed E-state index contributed by atoms with van der Waals surface area (Å²) in [5.74, 6) is 1.14. The van der Waals surface area contributed by atoms with E-state index in [1.54, 1.807) is 0 Å². The SMILES string of the molecule is CC(C)C1(O)CN(CCOc2ccc(Cl)cc2)C1. The Hall–Kier alpha value is -0.770. The number of likely N-dealkylation sites (tertiary alicyclic amines) is 1. The number of benzene rings is 1. The van der Waals surface area contributed by atoms with Gasteiger partial charge in [0.15, 0.2) is 0 Å². The third-order valence-corrected chi connectivity index (χ3v) is 3.81. The fourth-order valence-electron chi connectivity index (χ4n) is 2.07. The van der Waals surface area contributed by atoms with Crippen LogP contribution in [0.5, 0.6) is 5.75 Å². The molecule has 0 amide bonds. The van der Waals surface area contributed by atoms with Gasteiger partial charge in [-0.25, -0.2) is 0 Å². The molecule has 1 saturated heterocycles. The van der Waals surface area contributed by atoms with Crippen LogP contribution in [0.1, 0.15) is 13.8 Å². The lowest BCUT2D eigenvalue weighted by Crippen LogP contribution is -2.64. The Morgan fingerprint density at radius 1 is 1.33 bits per heavy atom. The molecule has 0 unspecified atom stereocenters. The zero-order chi connectivity index (χ0) is 13.2. The molecule has 1 N–H and O–H groups in total. The number of halogens is 1. The van der Waals surface area contributed by atoms with Crippen LogP contribution in [-0.4, -0.2) is 41.8 Å². The Morgan fingerprint density at radius 2 is 1.94 bits per heavy atom. The number of ether oxygens (including phenoxy) is 1. The van der Waals surface area contributed by atoms with Gasteiger partial charge >= 0.3 is 0 Å². The fourth-order valence-corrected chi connectivity index (χ4v) is 2.20. The highest BCUT2D eigenvalue weighted by Crippen LogP contribution is 2.28. The minimum absolute atomic E-state index is 0.311. The van der Waals surface area contributed by atoms with E-state index in [-0.39, 0.29) is 0 Å². The number of hydrogen-bond acceptors (Lipinski definition) is 3. The van der Waals surface area contributed by atoms with Gasteiger partial charge in [-0.05, 0) is 30.2 Å². The molecule has 2 rings (SSSR count). The quantitative estimate of drug-likeness (QED) is 0.891. The maximum absolute atomic E-state index is 10.1. The molecule has 3 nitrogen and oxygen atoms in total. The van der Waals surface area contributed by atoms with Gasteiger partial charge in [0.1, 0.15) is 12.4 Å². The molecule has 1 fully saturated rings. The second-order valence-corrected chi connectivity index (χ2v) is 5.71. The number of hydrogen-bond donors (Lipinski definition) is 1. The maximum atomic E-state index is 10.1. The first kappa shape index (κ1) is 13.7. The van der Waals surface area contributed by atoms with Crippen molar-refractivity contribution < 1.29 is 9.84 Å². The number of rotatable bonds is 5. The van der Waals surface area contributed by atoms with Crippen LogP contribution >= 0.6 is 11.6 Å². The van der Waals surface area contributed by atoms with Crippen LogP contribution < -0.4 is 4.74 Å². The van der Waals surface area contributed by atoms with Crippen LogP contribution in [0.3, 0.4) is 0 Å². The molecule has 1 aromatic rings. The van der Waals surface area contributed by atoms with Gasteiger partial charge in [-0.1, -0.05) is 25.4 Å². The van der Waals surface area contributed by atoms with Crippen molar-refractivity contribution in [1.82, 2.24) is 4.90 Å². The summed E-state index contributed by atoms with van der Waals surface area (Å²) in [7, 11) is 0. The Bertz CT molecular complexity index is 385. The average Bonchev–Trinajstić information content (AvgIpc) is 2.29. The summed E-state index contributed by atoms with van der Waals surface area (Å²) in [5.41, 5.74) is -0.500. The second-order valence-electron chi connectivity index (χ2n) is 5.27. The van der Waals surface area contributed by atoms with Crippen molar-refractivity contribution in [1.29, 1.82) is 0 Å². The van der Waals surface area contributed by atoms with Gasteiger partial charge in [0.2, 0.25) is 0 Å². The van der Waals surface area contributed by atoms with E-state index in [4.69, 9.17) is 16.3 Å². The topological polar surface area (TPSA) is 32.7 Å². The zero-order valence-electron chi connectivity index (χ0n) is 10.9. The average molecular weight is 270 g/mol. The van der Waals surface area contributed by atoms with Crippen LogP contribution in [0.25, 0.3) is 0 Å². The van der Waals surface area contributed by atoms with Crippen LogP contribution in [-0.2, 0) is 0 Å². The lowest BCUT2D eigenvalue weighted by Gasteiger charge is -2.49. The summed E-state index contributed by atoms with van der Waals surface area (Å²) in [6, 6.07) is 7.36. The van der Waals surface area contributed by atoms with Gasteiger partial charge in [-0.2, -0.15) is 0 Å². The van der Waals surface area contributed by atoms with Crippen molar-refractivity contribution >= 4 is 11.6 Å². The molecule has 0 atom stereocenters. The largest absolute Gasteiger partial charge is 0.492 e. The standard InChI is InChI=1S/C14H20ClNO2/c1-11(2)14(17)9-16(10-14)7-8-18-13-5-3-12(15)4-6-13/h3-6,11,17H,7-10H2,1-2H3. The zero-order valence-corrected chi connectivity index (χ0v) is 11.7. The highest BCUT2D eigenvalue weighted by molar-refractivity contribution is 6.30. The van der Waals surface area contributed by atoms with E-state index in [0.717, 1.165) is 25.4 Å². The summed E-state index contributed by atoms with van der Waals surface area (Å²) < 4.78 is 5.61. The molecule has 1 heterocycles. The molecular weight excluding hydrogens is 250 g/mol. The molecule has 100 valence electrons.